The van der Waals surface area contributed by atoms with Crippen molar-refractivity contribution < 1.29 is 22.7 Å². The molecular formula is C16H15F3N2O2. The predicted octanol–water partition coefficient (Wildman–Crippen LogP) is 3.65. The van der Waals surface area contributed by atoms with E-state index in [2.05, 4.69) is 5.32 Å². The number of benzene rings is 2. The number of hydrogen-bond donors (Lipinski definition) is 1. The zero-order chi connectivity index (χ0) is 16.8. The number of carbonyl (C=O) groups excluding carboxylic acids is 1. The Kier molecular flexibility index (Phi) is 5.46. The molecule has 0 radical (unpaired) electrons. The number of nitrogens with one attached hydrogen (secondary N) is 1. The summed E-state index contributed by atoms with van der Waals surface area (Å²) in [4.78, 5) is 13.1. The summed E-state index contributed by atoms with van der Waals surface area (Å²) in [5.74, 6) is -2.00. The number of amides is 2. The molecule has 0 heterocycles. The number of rotatable bonds is 5. The van der Waals surface area contributed by atoms with Crippen LogP contribution in [0.15, 0.2) is 42.5 Å². The predicted molar refractivity (Wildman–Crippen MR) is 79.9 cm³/mol. The molecule has 0 aliphatic heterocycles. The fourth-order valence-corrected chi connectivity index (χ4v) is 1.76. The molecular weight excluding hydrogens is 309 g/mol. The Morgan fingerprint density at radius 1 is 1.13 bits per heavy atom. The Labute approximate surface area is 131 Å². The summed E-state index contributed by atoms with van der Waals surface area (Å²) in [5, 5.41) is 2.31. The molecule has 122 valence electrons. The van der Waals surface area contributed by atoms with E-state index in [-0.39, 0.29) is 24.6 Å². The van der Waals surface area contributed by atoms with Crippen molar-refractivity contribution in [2.75, 3.05) is 25.5 Å². The minimum absolute atomic E-state index is 0.0662. The van der Waals surface area contributed by atoms with E-state index in [1.54, 1.807) is 12.1 Å². The molecule has 2 aromatic rings. The third-order valence-electron chi connectivity index (χ3n) is 3.04. The number of carbonyl (C=O) groups is 1. The first kappa shape index (κ1) is 16.7. The quantitative estimate of drug-likeness (QED) is 0.912. The zero-order valence-electron chi connectivity index (χ0n) is 12.4. The number of urea groups is 1. The molecule has 2 amide bonds. The molecule has 0 aliphatic rings. The van der Waals surface area contributed by atoms with Crippen LogP contribution in [0.3, 0.4) is 0 Å². The van der Waals surface area contributed by atoms with Gasteiger partial charge in [-0.1, -0.05) is 12.1 Å². The average molecular weight is 324 g/mol. The molecule has 0 aromatic heterocycles. The molecule has 23 heavy (non-hydrogen) atoms. The van der Waals surface area contributed by atoms with Crippen molar-refractivity contribution in [3.05, 3.63) is 59.9 Å². The number of ether oxygens (including phenoxy) is 1. The van der Waals surface area contributed by atoms with Gasteiger partial charge in [0.2, 0.25) is 0 Å². The average Bonchev–Trinajstić information content (AvgIpc) is 2.51. The minimum Gasteiger partial charge on any atom is -0.489 e. The second-order valence-electron chi connectivity index (χ2n) is 4.75. The van der Waals surface area contributed by atoms with Gasteiger partial charge in [-0.05, 0) is 24.3 Å². The lowest BCUT2D eigenvalue weighted by atomic mass is 10.3. The van der Waals surface area contributed by atoms with Crippen LogP contribution < -0.4 is 10.1 Å². The standard InChI is InChI=1S/C16H15F3N2O2/c1-21(8-9-23-15-5-3-2-4-12(15)18)16(22)20-14-7-6-11(17)10-13(14)19/h2-7,10H,8-9H2,1H3,(H,20,22). The van der Waals surface area contributed by atoms with E-state index in [1.165, 1.54) is 24.1 Å². The number of anilines is 1. The second-order valence-corrected chi connectivity index (χ2v) is 4.75. The molecule has 0 bridgehead atoms. The highest BCUT2D eigenvalue weighted by Gasteiger charge is 2.12. The first-order chi connectivity index (χ1) is 11.0. The Balaban J connectivity index is 1.84. The van der Waals surface area contributed by atoms with Gasteiger partial charge in [0.1, 0.15) is 18.2 Å². The number of para-hydroxylation sites is 1. The topological polar surface area (TPSA) is 41.6 Å². The fraction of sp³-hybridized carbons (Fsp3) is 0.188. The summed E-state index contributed by atoms with van der Waals surface area (Å²) in [6, 6.07) is 8.17. The molecule has 0 saturated heterocycles. The maximum Gasteiger partial charge on any atom is 0.321 e. The van der Waals surface area contributed by atoms with Crippen LogP contribution in [0.2, 0.25) is 0 Å². The lowest BCUT2D eigenvalue weighted by Crippen LogP contribution is -2.34. The van der Waals surface area contributed by atoms with Gasteiger partial charge in [0.15, 0.2) is 11.6 Å². The molecule has 7 heteroatoms. The Morgan fingerprint density at radius 3 is 2.57 bits per heavy atom. The summed E-state index contributed by atoms with van der Waals surface area (Å²) >= 11 is 0. The molecule has 0 spiro atoms. The van der Waals surface area contributed by atoms with E-state index in [4.69, 9.17) is 4.74 Å². The van der Waals surface area contributed by atoms with E-state index >= 15 is 0 Å². The van der Waals surface area contributed by atoms with E-state index in [9.17, 15) is 18.0 Å². The van der Waals surface area contributed by atoms with Crippen LogP contribution in [-0.2, 0) is 0 Å². The first-order valence-electron chi connectivity index (χ1n) is 6.82. The Morgan fingerprint density at radius 2 is 1.87 bits per heavy atom. The van der Waals surface area contributed by atoms with Gasteiger partial charge in [0.05, 0.1) is 12.2 Å². The van der Waals surface area contributed by atoms with Crippen molar-refractivity contribution >= 4 is 11.7 Å². The molecule has 0 atom stereocenters. The van der Waals surface area contributed by atoms with Crippen molar-refractivity contribution in [1.29, 1.82) is 0 Å². The van der Waals surface area contributed by atoms with Crippen LogP contribution in [0, 0.1) is 17.5 Å². The zero-order valence-corrected chi connectivity index (χ0v) is 12.4. The molecule has 0 fully saturated rings. The molecule has 1 N–H and O–H groups in total. The van der Waals surface area contributed by atoms with Gasteiger partial charge in [-0.3, -0.25) is 0 Å². The van der Waals surface area contributed by atoms with Crippen molar-refractivity contribution in [3.8, 4) is 5.75 Å². The van der Waals surface area contributed by atoms with Crippen LogP contribution in [0.4, 0.5) is 23.7 Å². The van der Waals surface area contributed by atoms with Gasteiger partial charge >= 0.3 is 6.03 Å². The van der Waals surface area contributed by atoms with Crippen molar-refractivity contribution in [3.63, 3.8) is 0 Å². The lowest BCUT2D eigenvalue weighted by Gasteiger charge is -2.18. The van der Waals surface area contributed by atoms with Gasteiger partial charge in [-0.15, -0.1) is 0 Å². The van der Waals surface area contributed by atoms with Gasteiger partial charge in [0, 0.05) is 13.1 Å². The SMILES string of the molecule is CN(CCOc1ccccc1F)C(=O)Nc1ccc(F)cc1F. The summed E-state index contributed by atoms with van der Waals surface area (Å²) < 4.78 is 44.8. The van der Waals surface area contributed by atoms with E-state index in [0.717, 1.165) is 12.1 Å². The monoisotopic (exact) mass is 324 g/mol. The maximum absolute atomic E-state index is 13.5. The molecule has 0 aliphatic carbocycles. The van der Waals surface area contributed by atoms with E-state index in [1.807, 2.05) is 0 Å². The largest absolute Gasteiger partial charge is 0.489 e. The molecule has 0 saturated carbocycles. The van der Waals surface area contributed by atoms with Crippen molar-refractivity contribution in [2.45, 2.75) is 0 Å². The molecule has 2 rings (SSSR count). The second kappa shape index (κ2) is 7.53. The fourth-order valence-electron chi connectivity index (χ4n) is 1.76. The summed E-state index contributed by atoms with van der Waals surface area (Å²) in [7, 11) is 1.47. The van der Waals surface area contributed by atoms with Gasteiger partial charge in [0.25, 0.3) is 0 Å². The highest BCUT2D eigenvalue weighted by molar-refractivity contribution is 5.89. The minimum atomic E-state index is -0.866. The Hall–Kier alpha value is -2.70. The summed E-state index contributed by atoms with van der Waals surface area (Å²) in [6.07, 6.45) is 0. The molecule has 0 unspecified atom stereocenters. The van der Waals surface area contributed by atoms with Crippen LogP contribution in [0.5, 0.6) is 5.75 Å². The summed E-state index contributed by atoms with van der Waals surface area (Å²) in [5.41, 5.74) is -0.127. The lowest BCUT2D eigenvalue weighted by molar-refractivity contribution is 0.206. The van der Waals surface area contributed by atoms with Crippen LogP contribution in [0.1, 0.15) is 0 Å². The molecule has 4 nitrogen and oxygen atoms in total. The first-order valence-corrected chi connectivity index (χ1v) is 6.82. The number of nitrogens with zero attached hydrogens (tertiary/aromatic N) is 1. The normalized spacial score (nSPS) is 10.3. The Bertz CT molecular complexity index is 695. The maximum atomic E-state index is 13.5. The summed E-state index contributed by atoms with van der Waals surface area (Å²) in [6.45, 7) is 0.222. The highest BCUT2D eigenvalue weighted by Crippen LogP contribution is 2.16. The third kappa shape index (κ3) is 4.64. The van der Waals surface area contributed by atoms with Gasteiger partial charge in [-0.25, -0.2) is 18.0 Å². The number of likely N-dealkylation sites (N-methyl/N-ethyl adjacent to an activating group) is 1. The van der Waals surface area contributed by atoms with Crippen molar-refractivity contribution in [1.82, 2.24) is 4.90 Å². The van der Waals surface area contributed by atoms with E-state index < -0.39 is 23.5 Å². The van der Waals surface area contributed by atoms with Gasteiger partial charge in [-0.2, -0.15) is 0 Å². The van der Waals surface area contributed by atoms with Crippen LogP contribution >= 0.6 is 0 Å². The van der Waals surface area contributed by atoms with Crippen LogP contribution in [-0.4, -0.2) is 31.1 Å². The van der Waals surface area contributed by atoms with Crippen molar-refractivity contribution in [2.24, 2.45) is 0 Å². The number of halogens is 3. The van der Waals surface area contributed by atoms with E-state index in [0.29, 0.717) is 6.07 Å². The number of hydrogen-bond acceptors (Lipinski definition) is 2. The van der Waals surface area contributed by atoms with Gasteiger partial charge < -0.3 is 15.0 Å². The molecule has 2 aromatic carbocycles. The smallest absolute Gasteiger partial charge is 0.321 e. The third-order valence-corrected chi connectivity index (χ3v) is 3.04. The highest BCUT2D eigenvalue weighted by atomic mass is 19.1. The van der Waals surface area contributed by atoms with Crippen LogP contribution in [0.25, 0.3) is 0 Å².